The third kappa shape index (κ3) is 3.21. The third-order valence-electron chi connectivity index (χ3n) is 4.83. The van der Waals surface area contributed by atoms with Crippen molar-refractivity contribution in [2.75, 3.05) is 0 Å². The first-order valence-electron chi connectivity index (χ1n) is 8.69. The van der Waals surface area contributed by atoms with Gasteiger partial charge < -0.3 is 10.5 Å². The molecular weight excluding hydrogens is 381 g/mol. The van der Waals surface area contributed by atoms with Crippen LogP contribution < -0.4 is 10.5 Å². The van der Waals surface area contributed by atoms with E-state index >= 15 is 0 Å². The zero-order valence-corrected chi connectivity index (χ0v) is 15.2. The SMILES string of the molecule is Cc1ccc(-c2[nH]nc3c2[C@@H](c2cccc(C(F)(F)F)c2)C(C#N)=C(N)O3)cc1. The van der Waals surface area contributed by atoms with Gasteiger partial charge in [-0.05, 0) is 18.6 Å². The van der Waals surface area contributed by atoms with E-state index in [-0.39, 0.29) is 22.9 Å². The molecule has 1 aromatic heterocycles. The summed E-state index contributed by atoms with van der Waals surface area (Å²) in [7, 11) is 0. The van der Waals surface area contributed by atoms with Crippen molar-refractivity contribution in [3.63, 3.8) is 0 Å². The molecule has 0 radical (unpaired) electrons. The number of rotatable bonds is 2. The molecule has 1 aliphatic heterocycles. The van der Waals surface area contributed by atoms with Crippen molar-refractivity contribution in [3.8, 4) is 23.2 Å². The second-order valence-corrected chi connectivity index (χ2v) is 6.73. The van der Waals surface area contributed by atoms with E-state index < -0.39 is 17.7 Å². The number of hydrogen-bond donors (Lipinski definition) is 2. The molecule has 0 saturated heterocycles. The van der Waals surface area contributed by atoms with Crippen LogP contribution in [0.15, 0.2) is 60.0 Å². The molecule has 0 bridgehead atoms. The normalized spacial score (nSPS) is 16.2. The summed E-state index contributed by atoms with van der Waals surface area (Å²) >= 11 is 0. The van der Waals surface area contributed by atoms with E-state index in [9.17, 15) is 18.4 Å². The number of aryl methyl sites for hydroxylation is 1. The number of fused-ring (bicyclic) bond motifs is 1. The van der Waals surface area contributed by atoms with E-state index in [2.05, 4.69) is 10.2 Å². The highest BCUT2D eigenvalue weighted by Crippen LogP contribution is 2.46. The molecule has 0 saturated carbocycles. The van der Waals surface area contributed by atoms with Crippen molar-refractivity contribution in [2.45, 2.75) is 19.0 Å². The van der Waals surface area contributed by atoms with Gasteiger partial charge in [0.15, 0.2) is 0 Å². The molecule has 146 valence electrons. The molecule has 0 amide bonds. The second kappa shape index (κ2) is 6.71. The molecule has 0 aliphatic carbocycles. The number of nitrogens with two attached hydrogens (primary N) is 1. The van der Waals surface area contributed by atoms with Crippen LogP contribution in [0.5, 0.6) is 5.88 Å². The number of alkyl halides is 3. The molecule has 0 fully saturated rings. The lowest BCUT2D eigenvalue weighted by Gasteiger charge is -2.24. The monoisotopic (exact) mass is 396 g/mol. The summed E-state index contributed by atoms with van der Waals surface area (Å²) < 4.78 is 45.3. The second-order valence-electron chi connectivity index (χ2n) is 6.73. The Labute approximate surface area is 164 Å². The number of allylic oxidation sites excluding steroid dienone is 1. The predicted octanol–water partition coefficient (Wildman–Crippen LogP) is 4.62. The van der Waals surface area contributed by atoms with E-state index in [1.807, 2.05) is 37.3 Å². The Hall–Kier alpha value is -3.73. The Bertz CT molecular complexity index is 1150. The van der Waals surface area contributed by atoms with Gasteiger partial charge in [-0.15, -0.1) is 5.10 Å². The predicted molar refractivity (Wildman–Crippen MR) is 99.5 cm³/mol. The number of benzene rings is 2. The van der Waals surface area contributed by atoms with Crippen molar-refractivity contribution >= 4 is 0 Å². The van der Waals surface area contributed by atoms with Crippen molar-refractivity contribution in [3.05, 3.63) is 82.2 Å². The lowest BCUT2D eigenvalue weighted by atomic mass is 9.82. The molecule has 0 spiro atoms. The van der Waals surface area contributed by atoms with Crippen LogP contribution in [0, 0.1) is 18.3 Å². The van der Waals surface area contributed by atoms with E-state index in [0.717, 1.165) is 23.3 Å². The standard InChI is InChI=1S/C21H15F3N4O/c1-11-5-7-12(8-6-11)18-17-16(13-3-2-4-14(9-13)21(22,23)24)15(10-25)19(26)29-20(17)28-27-18/h2-9,16H,26H2,1H3,(H,27,28)/t16-/m0/s1. The van der Waals surface area contributed by atoms with Crippen LogP contribution in [0.2, 0.25) is 0 Å². The highest BCUT2D eigenvalue weighted by molar-refractivity contribution is 5.71. The minimum absolute atomic E-state index is 0.0339. The van der Waals surface area contributed by atoms with Crippen molar-refractivity contribution in [1.82, 2.24) is 10.2 Å². The lowest BCUT2D eigenvalue weighted by Crippen LogP contribution is -2.21. The van der Waals surface area contributed by atoms with Gasteiger partial charge in [0.2, 0.25) is 11.8 Å². The highest BCUT2D eigenvalue weighted by Gasteiger charge is 2.37. The van der Waals surface area contributed by atoms with Crippen LogP contribution in [0.25, 0.3) is 11.3 Å². The summed E-state index contributed by atoms with van der Waals surface area (Å²) in [5, 5.41) is 16.7. The quantitative estimate of drug-likeness (QED) is 0.662. The van der Waals surface area contributed by atoms with Crippen LogP contribution in [0.3, 0.4) is 0 Å². The fourth-order valence-corrected chi connectivity index (χ4v) is 3.41. The fraction of sp³-hybridized carbons (Fsp3) is 0.143. The van der Waals surface area contributed by atoms with E-state index in [4.69, 9.17) is 10.5 Å². The molecule has 5 nitrogen and oxygen atoms in total. The molecule has 2 aromatic carbocycles. The van der Waals surface area contributed by atoms with Gasteiger partial charge in [0.1, 0.15) is 11.6 Å². The van der Waals surface area contributed by atoms with Crippen molar-refractivity contribution < 1.29 is 17.9 Å². The summed E-state index contributed by atoms with van der Waals surface area (Å²) in [4.78, 5) is 0. The molecule has 2 heterocycles. The van der Waals surface area contributed by atoms with Gasteiger partial charge >= 0.3 is 6.18 Å². The average molecular weight is 396 g/mol. The zero-order valence-electron chi connectivity index (χ0n) is 15.2. The van der Waals surface area contributed by atoms with Gasteiger partial charge in [0.25, 0.3) is 0 Å². The smallest absolute Gasteiger partial charge is 0.416 e. The van der Waals surface area contributed by atoms with E-state index in [1.165, 1.54) is 12.1 Å². The number of nitrogens with one attached hydrogen (secondary N) is 1. The number of nitriles is 1. The molecule has 1 aliphatic rings. The van der Waals surface area contributed by atoms with Gasteiger partial charge in [-0.1, -0.05) is 48.0 Å². The number of aromatic amines is 1. The minimum Gasteiger partial charge on any atom is -0.420 e. The molecule has 4 rings (SSSR count). The largest absolute Gasteiger partial charge is 0.420 e. The van der Waals surface area contributed by atoms with E-state index in [1.54, 1.807) is 0 Å². The average Bonchev–Trinajstić information content (AvgIpc) is 3.10. The van der Waals surface area contributed by atoms with Gasteiger partial charge in [0.05, 0.1) is 22.7 Å². The van der Waals surface area contributed by atoms with Crippen LogP contribution in [0.1, 0.15) is 28.2 Å². The number of aromatic nitrogens is 2. The summed E-state index contributed by atoms with van der Waals surface area (Å²) in [5.41, 5.74) is 8.23. The van der Waals surface area contributed by atoms with Crippen LogP contribution in [0.4, 0.5) is 13.2 Å². The maximum atomic E-state index is 13.3. The first-order valence-corrected chi connectivity index (χ1v) is 8.69. The van der Waals surface area contributed by atoms with Crippen LogP contribution in [-0.2, 0) is 6.18 Å². The number of H-pyrrole nitrogens is 1. The summed E-state index contributed by atoms with van der Waals surface area (Å²) in [6.07, 6.45) is -4.51. The molecule has 0 unspecified atom stereocenters. The van der Waals surface area contributed by atoms with E-state index in [0.29, 0.717) is 11.3 Å². The Kier molecular flexibility index (Phi) is 4.31. The topological polar surface area (TPSA) is 87.7 Å². The maximum absolute atomic E-state index is 13.3. The molecule has 1 atom stereocenters. The number of hydrogen-bond acceptors (Lipinski definition) is 4. The minimum atomic E-state index is -4.51. The fourth-order valence-electron chi connectivity index (χ4n) is 3.41. The van der Waals surface area contributed by atoms with Gasteiger partial charge in [0, 0.05) is 5.56 Å². The first-order chi connectivity index (χ1) is 13.8. The van der Waals surface area contributed by atoms with Gasteiger partial charge in [-0.25, -0.2) is 0 Å². The Balaban J connectivity index is 1.94. The summed E-state index contributed by atoms with van der Waals surface area (Å²) in [5.74, 6) is -0.884. The molecule has 8 heteroatoms. The van der Waals surface area contributed by atoms with Crippen molar-refractivity contribution in [2.24, 2.45) is 5.73 Å². The molecular formula is C21H15F3N4O. The number of ether oxygens (including phenoxy) is 1. The Morgan fingerprint density at radius 1 is 1.17 bits per heavy atom. The molecule has 29 heavy (non-hydrogen) atoms. The Morgan fingerprint density at radius 2 is 1.90 bits per heavy atom. The van der Waals surface area contributed by atoms with Gasteiger partial charge in [-0.3, -0.25) is 5.10 Å². The van der Waals surface area contributed by atoms with Crippen molar-refractivity contribution in [1.29, 1.82) is 5.26 Å². The van der Waals surface area contributed by atoms with Crippen LogP contribution >= 0.6 is 0 Å². The summed E-state index contributed by atoms with van der Waals surface area (Å²) in [6.45, 7) is 1.94. The third-order valence-corrected chi connectivity index (χ3v) is 4.83. The number of halogens is 3. The molecule has 3 aromatic rings. The number of nitrogens with zero attached hydrogens (tertiary/aromatic N) is 2. The highest BCUT2D eigenvalue weighted by atomic mass is 19.4. The molecule has 3 N–H and O–H groups in total. The zero-order chi connectivity index (χ0) is 20.8. The first kappa shape index (κ1) is 18.6. The van der Waals surface area contributed by atoms with Gasteiger partial charge in [-0.2, -0.15) is 18.4 Å². The lowest BCUT2D eigenvalue weighted by molar-refractivity contribution is -0.137. The summed E-state index contributed by atoms with van der Waals surface area (Å²) in [6, 6.07) is 14.4. The van der Waals surface area contributed by atoms with Crippen LogP contribution in [-0.4, -0.2) is 10.2 Å². The maximum Gasteiger partial charge on any atom is 0.416 e. The Morgan fingerprint density at radius 3 is 2.55 bits per heavy atom.